The average Bonchev–Trinajstić information content (AvgIpc) is 3.63. The molecule has 244 valence electrons. The molecule has 0 fully saturated rings. The molecule has 0 radical (unpaired) electrons. The summed E-state index contributed by atoms with van der Waals surface area (Å²) in [5, 5.41) is 7.04. The largest absolute Gasteiger partial charge is 2.00 e. The maximum Gasteiger partial charge on any atom is 2.00 e. The Hall–Kier alpha value is -4.87. The van der Waals surface area contributed by atoms with Gasteiger partial charge >= 0.3 is 21.1 Å². The minimum absolute atomic E-state index is 0. The summed E-state index contributed by atoms with van der Waals surface area (Å²) in [5.74, 6) is 2.05. The van der Waals surface area contributed by atoms with Gasteiger partial charge in [-0.2, -0.15) is 16.7 Å². The molecule has 48 heavy (non-hydrogen) atoms. The van der Waals surface area contributed by atoms with Crippen molar-refractivity contribution in [2.75, 3.05) is 38.0 Å². The number of para-hydroxylation sites is 1. The normalized spacial score (nSPS) is 11.2. The molecule has 0 N–H and O–H groups in total. The summed E-state index contributed by atoms with van der Waals surface area (Å²) in [7, 11) is 8.37. The van der Waals surface area contributed by atoms with Gasteiger partial charge in [-0.05, 0) is 66.7 Å². The van der Waals surface area contributed by atoms with Crippen molar-refractivity contribution >= 4 is 33.2 Å². The molecule has 0 aliphatic carbocycles. The number of pyridine rings is 1. The third-order valence-electron chi connectivity index (χ3n) is 8.55. The van der Waals surface area contributed by atoms with Crippen molar-refractivity contribution < 1.29 is 25.8 Å². The second-order valence-electron chi connectivity index (χ2n) is 12.7. The van der Waals surface area contributed by atoms with Gasteiger partial charge in [0.25, 0.3) is 0 Å². The SMILES string of the molecule is Cc1cc(Oc2[c-]c3c(cc2)c2ccccc2n3-c2cc(C)ccn2)[c-]c(-n2cc(-c3c(N(C)C)c(C)cc(C)c3N(C)C)cn2)c1.[Pt+2]. The van der Waals surface area contributed by atoms with Crippen molar-refractivity contribution in [2.24, 2.45) is 0 Å². The summed E-state index contributed by atoms with van der Waals surface area (Å²) in [6.45, 7) is 8.47. The predicted molar refractivity (Wildman–Crippen MR) is 193 cm³/mol. The van der Waals surface area contributed by atoms with Gasteiger partial charge in [0.15, 0.2) is 0 Å². The predicted octanol–water partition coefficient (Wildman–Crippen LogP) is 8.79. The number of anilines is 2. The fourth-order valence-corrected chi connectivity index (χ4v) is 6.75. The van der Waals surface area contributed by atoms with Gasteiger partial charge in [0, 0.05) is 80.1 Å². The van der Waals surface area contributed by atoms with E-state index in [1.807, 2.05) is 35.3 Å². The summed E-state index contributed by atoms with van der Waals surface area (Å²) < 4.78 is 10.5. The molecule has 0 bridgehead atoms. The molecule has 7 nitrogen and oxygen atoms in total. The number of nitrogens with zero attached hydrogens (tertiary/aromatic N) is 6. The van der Waals surface area contributed by atoms with Crippen LogP contribution in [0.4, 0.5) is 11.4 Å². The molecule has 0 aliphatic heterocycles. The molecule has 0 unspecified atom stereocenters. The molecule has 0 atom stereocenters. The molecule has 7 aromatic rings. The number of benzene rings is 4. The van der Waals surface area contributed by atoms with E-state index in [0.29, 0.717) is 11.5 Å². The van der Waals surface area contributed by atoms with Crippen LogP contribution in [-0.2, 0) is 21.1 Å². The Labute approximate surface area is 296 Å². The van der Waals surface area contributed by atoms with Crippen LogP contribution < -0.4 is 14.5 Å². The summed E-state index contributed by atoms with van der Waals surface area (Å²) in [4.78, 5) is 9.06. The van der Waals surface area contributed by atoms with E-state index in [9.17, 15) is 0 Å². The van der Waals surface area contributed by atoms with Gasteiger partial charge in [-0.1, -0.05) is 36.7 Å². The molecule has 0 saturated heterocycles. The molecule has 3 aromatic heterocycles. The quantitative estimate of drug-likeness (QED) is 0.151. The van der Waals surface area contributed by atoms with Crippen molar-refractivity contribution in [2.45, 2.75) is 27.7 Å². The van der Waals surface area contributed by atoms with Crippen LogP contribution in [0, 0.1) is 39.8 Å². The van der Waals surface area contributed by atoms with E-state index >= 15 is 0 Å². The van der Waals surface area contributed by atoms with Crippen molar-refractivity contribution in [1.82, 2.24) is 19.3 Å². The number of ether oxygens (including phenoxy) is 1. The number of hydrogen-bond donors (Lipinski definition) is 0. The van der Waals surface area contributed by atoms with Crippen molar-refractivity contribution in [3.05, 3.63) is 120 Å². The van der Waals surface area contributed by atoms with Crippen LogP contribution in [-0.4, -0.2) is 47.5 Å². The van der Waals surface area contributed by atoms with E-state index in [-0.39, 0.29) is 21.1 Å². The van der Waals surface area contributed by atoms with Crippen LogP contribution in [0.3, 0.4) is 0 Å². The molecule has 0 spiro atoms. The zero-order valence-corrected chi connectivity index (χ0v) is 30.8. The van der Waals surface area contributed by atoms with Gasteiger partial charge in [0.05, 0.1) is 6.20 Å². The number of rotatable bonds is 7. The topological polar surface area (TPSA) is 51.4 Å². The first-order chi connectivity index (χ1) is 22.6. The summed E-state index contributed by atoms with van der Waals surface area (Å²) in [6.07, 6.45) is 5.86. The maximum absolute atomic E-state index is 6.46. The van der Waals surface area contributed by atoms with Gasteiger partial charge in [0.1, 0.15) is 5.82 Å². The Morgan fingerprint density at radius 3 is 2.17 bits per heavy atom. The van der Waals surface area contributed by atoms with Crippen molar-refractivity contribution in [3.8, 4) is 34.1 Å². The Kier molecular flexibility index (Phi) is 8.93. The van der Waals surface area contributed by atoms with E-state index in [1.165, 1.54) is 22.5 Å². The van der Waals surface area contributed by atoms with Gasteiger partial charge in [0.2, 0.25) is 0 Å². The fourth-order valence-electron chi connectivity index (χ4n) is 6.75. The molecule has 0 aliphatic rings. The Bertz CT molecular complexity index is 2270. The van der Waals surface area contributed by atoms with Crippen molar-refractivity contribution in [3.63, 3.8) is 0 Å². The molecule has 7 rings (SSSR count). The van der Waals surface area contributed by atoms with E-state index in [4.69, 9.17) is 14.8 Å². The average molecular weight is 814 g/mol. The van der Waals surface area contributed by atoms with E-state index in [0.717, 1.165) is 55.6 Å². The number of hydrogen-bond acceptors (Lipinski definition) is 5. The zero-order valence-electron chi connectivity index (χ0n) is 28.5. The van der Waals surface area contributed by atoms with Gasteiger partial charge in [-0.25, -0.2) is 4.98 Å². The van der Waals surface area contributed by atoms with Crippen LogP contribution in [0.5, 0.6) is 11.5 Å². The second-order valence-corrected chi connectivity index (χ2v) is 12.7. The van der Waals surface area contributed by atoms with Crippen LogP contribution in [0.1, 0.15) is 22.3 Å². The molecule has 0 amide bonds. The van der Waals surface area contributed by atoms with Crippen LogP contribution >= 0.6 is 0 Å². The standard InChI is InChI=1S/C40H38N6O.Pt/c1-25-15-16-41-37(19-25)46-35-12-10-9-11-33(35)34-14-13-31(22-36(34)46)47-32-18-26(2)17-30(21-32)45-24-29(23-42-45)38-39(43(5)6)27(3)20-28(4)40(38)44(7)8;/h9-20,23-24H,1-8H3;/q-2;+2. The minimum Gasteiger partial charge on any atom is -0.509 e. The van der Waals surface area contributed by atoms with E-state index in [1.54, 1.807) is 0 Å². The molecular formula is C40H38N6OPt. The first-order valence-electron chi connectivity index (χ1n) is 15.7. The zero-order chi connectivity index (χ0) is 33.0. The third-order valence-corrected chi connectivity index (χ3v) is 8.55. The molecular weight excluding hydrogens is 776 g/mol. The first kappa shape index (κ1) is 33.0. The van der Waals surface area contributed by atoms with Crippen molar-refractivity contribution in [1.29, 1.82) is 0 Å². The van der Waals surface area contributed by atoms with Crippen LogP contribution in [0.2, 0.25) is 0 Å². The molecule has 4 aromatic carbocycles. The van der Waals surface area contributed by atoms with Crippen LogP contribution in [0.25, 0.3) is 44.4 Å². The van der Waals surface area contributed by atoms with Gasteiger partial charge in [-0.3, -0.25) is 4.68 Å². The minimum atomic E-state index is 0. The molecule has 8 heteroatoms. The number of aromatic nitrogens is 4. The first-order valence-corrected chi connectivity index (χ1v) is 15.7. The number of fused-ring (bicyclic) bond motifs is 3. The molecule has 3 heterocycles. The monoisotopic (exact) mass is 813 g/mol. The number of aryl methyl sites for hydroxylation is 4. The van der Waals surface area contributed by atoms with Gasteiger partial charge in [-0.15, -0.1) is 35.7 Å². The Morgan fingerprint density at radius 1 is 0.729 bits per heavy atom. The Balaban J connectivity index is 0.00000401. The summed E-state index contributed by atoms with van der Waals surface area (Å²) in [6, 6.07) is 29.9. The van der Waals surface area contributed by atoms with E-state index < -0.39 is 0 Å². The fraction of sp³-hybridized carbons (Fsp3) is 0.200. The molecule has 0 saturated carbocycles. The second kappa shape index (κ2) is 13.0. The summed E-state index contributed by atoms with van der Waals surface area (Å²) >= 11 is 0. The Morgan fingerprint density at radius 2 is 1.46 bits per heavy atom. The third kappa shape index (κ3) is 5.88. The van der Waals surface area contributed by atoms with E-state index in [2.05, 4.69) is 137 Å². The maximum atomic E-state index is 6.46. The summed E-state index contributed by atoms with van der Waals surface area (Å²) in [5.41, 5.74) is 12.0. The van der Waals surface area contributed by atoms with Crippen LogP contribution in [0.15, 0.2) is 85.3 Å². The smallest absolute Gasteiger partial charge is 0.509 e. The van der Waals surface area contributed by atoms with Gasteiger partial charge < -0.3 is 19.1 Å².